The maximum absolute atomic E-state index is 3.84. The van der Waals surface area contributed by atoms with E-state index in [1.807, 2.05) is 25.1 Å². The fraction of sp³-hybridized carbons (Fsp3) is 0.111. The average molecular weight is 118 g/mol. The molecule has 0 aromatic heterocycles. The molecule has 1 rings (SSSR count). The van der Waals surface area contributed by atoms with Gasteiger partial charge in [0, 0.05) is 0 Å². The van der Waals surface area contributed by atoms with E-state index in [0.717, 1.165) is 11.1 Å². The van der Waals surface area contributed by atoms with Crippen molar-refractivity contribution in [3.8, 4) is 0 Å². The van der Waals surface area contributed by atoms with E-state index < -0.39 is 0 Å². The number of benzene rings is 1. The molecule has 0 N–H and O–H groups in total. The van der Waals surface area contributed by atoms with Crippen LogP contribution in [-0.4, -0.2) is 0 Å². The van der Waals surface area contributed by atoms with E-state index in [4.69, 9.17) is 0 Å². The summed E-state index contributed by atoms with van der Waals surface area (Å²) in [5.74, 6) is 0. The van der Waals surface area contributed by atoms with E-state index in [1.165, 1.54) is 5.56 Å². The minimum Gasteiger partial charge on any atom is -0.0588 e. The van der Waals surface area contributed by atoms with Crippen LogP contribution in [0.3, 0.4) is 0 Å². The van der Waals surface area contributed by atoms with E-state index in [2.05, 4.69) is 13.8 Å². The Bertz CT molecular complexity index is 211. The normalized spacial score (nSPS) is 9.67. The molecule has 0 atom stereocenters. The summed E-state index contributed by atoms with van der Waals surface area (Å²) >= 11 is 0. The molecule has 46 valence electrons. The van der Waals surface area contributed by atoms with Crippen molar-refractivity contribution >= 4 is 0 Å². The van der Waals surface area contributed by atoms with Gasteiger partial charge in [0.15, 0.2) is 0 Å². The molecule has 0 aliphatic rings. The van der Waals surface area contributed by atoms with E-state index in [1.54, 1.807) is 0 Å². The van der Waals surface area contributed by atoms with Gasteiger partial charge in [-0.05, 0) is 37.5 Å². The van der Waals surface area contributed by atoms with Crippen molar-refractivity contribution in [2.75, 3.05) is 0 Å². The summed E-state index contributed by atoms with van der Waals surface area (Å²) in [4.78, 5) is 0. The van der Waals surface area contributed by atoms with Crippen LogP contribution in [0.15, 0.2) is 18.2 Å². The van der Waals surface area contributed by atoms with Crippen LogP contribution in [0.2, 0.25) is 0 Å². The number of rotatable bonds is 0. The molecular weight excluding hydrogens is 108 g/mol. The second-order valence-corrected chi connectivity index (χ2v) is 2.26. The van der Waals surface area contributed by atoms with Gasteiger partial charge in [0.05, 0.1) is 0 Å². The van der Waals surface area contributed by atoms with Crippen LogP contribution < -0.4 is 0 Å². The third kappa shape index (κ3) is 1.32. The Morgan fingerprint density at radius 1 is 1.22 bits per heavy atom. The van der Waals surface area contributed by atoms with Gasteiger partial charge in [0.1, 0.15) is 0 Å². The molecule has 0 unspecified atom stereocenters. The Morgan fingerprint density at radius 2 is 1.89 bits per heavy atom. The van der Waals surface area contributed by atoms with E-state index in [9.17, 15) is 0 Å². The fourth-order valence-electron chi connectivity index (χ4n) is 0.725. The number of hydrogen-bond acceptors (Lipinski definition) is 0. The lowest BCUT2D eigenvalue weighted by molar-refractivity contribution is 1.40. The Morgan fingerprint density at radius 3 is 2.33 bits per heavy atom. The molecule has 0 saturated heterocycles. The molecule has 0 fully saturated rings. The third-order valence-corrected chi connectivity index (χ3v) is 1.41. The van der Waals surface area contributed by atoms with Gasteiger partial charge in [-0.15, -0.1) is 0 Å². The standard InChI is InChI=1S/C9H10/c1-7-4-5-8(2)9(3)6-7/h4-6H,1,3H2,2H3. The van der Waals surface area contributed by atoms with Gasteiger partial charge in [-0.1, -0.05) is 18.2 Å². The molecule has 1 aromatic carbocycles. The van der Waals surface area contributed by atoms with Gasteiger partial charge in [-0.3, -0.25) is 0 Å². The van der Waals surface area contributed by atoms with Crippen molar-refractivity contribution in [2.24, 2.45) is 0 Å². The zero-order valence-corrected chi connectivity index (χ0v) is 5.65. The molecule has 0 heterocycles. The first kappa shape index (κ1) is 6.34. The fourth-order valence-corrected chi connectivity index (χ4v) is 0.725. The van der Waals surface area contributed by atoms with E-state index >= 15 is 0 Å². The highest BCUT2D eigenvalue weighted by molar-refractivity contribution is 5.33. The topological polar surface area (TPSA) is 0 Å². The predicted octanol–water partition coefficient (Wildman–Crippen LogP) is 2.36. The van der Waals surface area contributed by atoms with Gasteiger partial charge >= 0.3 is 0 Å². The molecule has 0 heteroatoms. The minimum absolute atomic E-state index is 1.03. The van der Waals surface area contributed by atoms with Crippen molar-refractivity contribution in [3.05, 3.63) is 48.7 Å². The molecule has 0 bridgehead atoms. The maximum atomic E-state index is 3.84. The number of aryl methyl sites for hydroxylation is 1. The molecule has 0 spiro atoms. The molecule has 0 saturated carbocycles. The summed E-state index contributed by atoms with van der Waals surface area (Å²) in [6.07, 6.45) is 0. The summed E-state index contributed by atoms with van der Waals surface area (Å²) in [6, 6.07) is 6.00. The largest absolute Gasteiger partial charge is 0.0588 e. The van der Waals surface area contributed by atoms with Crippen LogP contribution in [-0.2, 0) is 0 Å². The van der Waals surface area contributed by atoms with Crippen molar-refractivity contribution in [1.29, 1.82) is 0 Å². The molecule has 0 aliphatic carbocycles. The lowest BCUT2D eigenvalue weighted by atomic mass is 10.1. The molecular formula is C9H10. The average Bonchev–Trinajstić information content (AvgIpc) is 1.80. The van der Waals surface area contributed by atoms with Crippen molar-refractivity contribution < 1.29 is 0 Å². The highest BCUT2D eigenvalue weighted by Gasteiger charge is 1.89. The van der Waals surface area contributed by atoms with Crippen molar-refractivity contribution in [2.45, 2.75) is 6.92 Å². The van der Waals surface area contributed by atoms with E-state index in [0.29, 0.717) is 0 Å². The van der Waals surface area contributed by atoms with Crippen molar-refractivity contribution in [1.82, 2.24) is 0 Å². The lowest BCUT2D eigenvalue weighted by Gasteiger charge is -1.98. The van der Waals surface area contributed by atoms with Crippen LogP contribution in [0.1, 0.15) is 16.7 Å². The Kier molecular flexibility index (Phi) is 1.56. The Labute approximate surface area is 56.5 Å². The van der Waals surface area contributed by atoms with Crippen LogP contribution in [0.5, 0.6) is 0 Å². The molecule has 2 radical (unpaired) electrons. The highest BCUT2D eigenvalue weighted by Crippen LogP contribution is 2.07. The van der Waals surface area contributed by atoms with Crippen LogP contribution in [0.25, 0.3) is 0 Å². The molecule has 1 aromatic rings. The maximum Gasteiger partial charge on any atom is -0.0235 e. The van der Waals surface area contributed by atoms with E-state index in [-0.39, 0.29) is 0 Å². The molecule has 9 heavy (non-hydrogen) atoms. The SMILES string of the molecule is [CH2]c1ccc(C)c([CH2])c1. The Hall–Kier alpha value is -0.780. The molecule has 0 amide bonds. The smallest absolute Gasteiger partial charge is 0.0235 e. The van der Waals surface area contributed by atoms with Crippen molar-refractivity contribution in [3.63, 3.8) is 0 Å². The van der Waals surface area contributed by atoms with Gasteiger partial charge < -0.3 is 0 Å². The first-order valence-corrected chi connectivity index (χ1v) is 2.95. The third-order valence-electron chi connectivity index (χ3n) is 1.41. The number of hydrogen-bond donors (Lipinski definition) is 0. The summed E-state index contributed by atoms with van der Waals surface area (Å²) in [5, 5.41) is 0. The highest BCUT2D eigenvalue weighted by atomic mass is 13.9. The van der Waals surface area contributed by atoms with Gasteiger partial charge in [-0.2, -0.15) is 0 Å². The van der Waals surface area contributed by atoms with Crippen LogP contribution >= 0.6 is 0 Å². The van der Waals surface area contributed by atoms with Gasteiger partial charge in [-0.25, -0.2) is 0 Å². The zero-order chi connectivity index (χ0) is 6.85. The summed E-state index contributed by atoms with van der Waals surface area (Å²) in [5.41, 5.74) is 3.33. The quantitative estimate of drug-likeness (QED) is 0.490. The second kappa shape index (κ2) is 2.22. The first-order chi connectivity index (χ1) is 4.20. The molecule has 0 nitrogen and oxygen atoms in total. The molecule has 0 aliphatic heterocycles. The summed E-state index contributed by atoms with van der Waals surface area (Å²) < 4.78 is 0. The minimum atomic E-state index is 1.03. The zero-order valence-electron chi connectivity index (χ0n) is 5.65. The van der Waals surface area contributed by atoms with Crippen LogP contribution in [0, 0.1) is 20.8 Å². The lowest BCUT2D eigenvalue weighted by Crippen LogP contribution is -1.79. The predicted molar refractivity (Wildman–Crippen MR) is 40.1 cm³/mol. The summed E-state index contributed by atoms with van der Waals surface area (Å²) in [7, 11) is 0. The van der Waals surface area contributed by atoms with Gasteiger partial charge in [0.2, 0.25) is 0 Å². The monoisotopic (exact) mass is 118 g/mol. The van der Waals surface area contributed by atoms with Gasteiger partial charge in [0.25, 0.3) is 0 Å². The summed E-state index contributed by atoms with van der Waals surface area (Å²) in [6.45, 7) is 9.67. The van der Waals surface area contributed by atoms with Crippen LogP contribution in [0.4, 0.5) is 0 Å². The second-order valence-electron chi connectivity index (χ2n) is 2.26. The first-order valence-electron chi connectivity index (χ1n) is 2.95. The Balaban J connectivity index is 3.17.